The molecule has 2 nitrogen and oxygen atoms in total. The highest BCUT2D eigenvalue weighted by molar-refractivity contribution is 7.99. The van der Waals surface area contributed by atoms with Crippen molar-refractivity contribution in [2.24, 2.45) is 7.05 Å². The molecule has 1 heterocycles. The summed E-state index contributed by atoms with van der Waals surface area (Å²) in [6.07, 6.45) is 2.11. The number of rotatable bonds is 3. The molecule has 2 rings (SSSR count). The van der Waals surface area contributed by atoms with E-state index >= 15 is 0 Å². The van der Waals surface area contributed by atoms with E-state index in [-0.39, 0.29) is 0 Å². The maximum atomic E-state index is 9.82. The van der Waals surface area contributed by atoms with E-state index in [2.05, 4.69) is 26.1 Å². The number of hydrogen-bond acceptors (Lipinski definition) is 2. The number of benzene rings is 1. The molecule has 0 bridgehead atoms. The molecule has 0 spiro atoms. The lowest BCUT2D eigenvalue weighted by Crippen LogP contribution is -1.88. The lowest BCUT2D eigenvalue weighted by molar-refractivity contribution is 0.479. The molecule has 0 aliphatic carbocycles. The minimum Gasteiger partial charge on any atom is -0.506 e. The van der Waals surface area contributed by atoms with E-state index in [1.165, 1.54) is 5.56 Å². The quantitative estimate of drug-likeness (QED) is 0.880. The second-order valence-corrected chi connectivity index (χ2v) is 5.86. The van der Waals surface area contributed by atoms with Crippen LogP contribution < -0.4 is 0 Å². The SMILES string of the molecule is CC(C)SCc1cn(C)c2c(O)cccc12. The normalized spacial score (nSPS) is 11.5. The zero-order valence-electron chi connectivity index (χ0n) is 9.90. The van der Waals surface area contributed by atoms with Gasteiger partial charge in [-0.2, -0.15) is 11.8 Å². The Kier molecular flexibility index (Phi) is 3.15. The monoisotopic (exact) mass is 235 g/mol. The molecule has 0 saturated carbocycles. The first-order valence-corrected chi connectivity index (χ1v) is 6.52. The van der Waals surface area contributed by atoms with Crippen molar-refractivity contribution in [1.29, 1.82) is 0 Å². The van der Waals surface area contributed by atoms with Gasteiger partial charge in [0.05, 0.1) is 5.52 Å². The Morgan fingerprint density at radius 1 is 1.38 bits per heavy atom. The third-order valence-electron chi connectivity index (χ3n) is 2.64. The van der Waals surface area contributed by atoms with E-state index in [0.29, 0.717) is 11.0 Å². The van der Waals surface area contributed by atoms with Gasteiger partial charge < -0.3 is 9.67 Å². The molecule has 0 atom stereocenters. The van der Waals surface area contributed by atoms with Crippen molar-refractivity contribution in [1.82, 2.24) is 4.57 Å². The number of hydrogen-bond donors (Lipinski definition) is 1. The summed E-state index contributed by atoms with van der Waals surface area (Å²) in [5.74, 6) is 1.36. The number of phenolic OH excluding ortho intramolecular Hbond substituents is 1. The summed E-state index contributed by atoms with van der Waals surface area (Å²) in [5, 5.41) is 11.6. The summed E-state index contributed by atoms with van der Waals surface area (Å²) in [6.45, 7) is 4.40. The van der Waals surface area contributed by atoms with Crippen LogP contribution in [0.3, 0.4) is 0 Å². The highest BCUT2D eigenvalue weighted by Gasteiger charge is 2.09. The molecule has 3 heteroatoms. The second-order valence-electron chi connectivity index (χ2n) is 4.30. The summed E-state index contributed by atoms with van der Waals surface area (Å²) in [7, 11) is 1.98. The molecule has 0 aliphatic rings. The molecule has 0 amide bonds. The van der Waals surface area contributed by atoms with E-state index in [9.17, 15) is 5.11 Å². The highest BCUT2D eigenvalue weighted by Crippen LogP contribution is 2.30. The molecule has 1 aromatic carbocycles. The molecule has 0 aliphatic heterocycles. The third kappa shape index (κ3) is 2.05. The van der Waals surface area contributed by atoms with Crippen molar-refractivity contribution in [3.05, 3.63) is 30.0 Å². The lowest BCUT2D eigenvalue weighted by atomic mass is 10.2. The molecule has 1 aromatic heterocycles. The first kappa shape index (κ1) is 11.4. The van der Waals surface area contributed by atoms with Gasteiger partial charge in [0, 0.05) is 24.4 Å². The fraction of sp³-hybridized carbons (Fsp3) is 0.385. The number of nitrogens with zero attached hydrogens (tertiary/aromatic N) is 1. The minimum atomic E-state index is 0.362. The van der Waals surface area contributed by atoms with Crippen LogP contribution in [0.25, 0.3) is 10.9 Å². The molecule has 2 aromatic rings. The fourth-order valence-electron chi connectivity index (χ4n) is 1.90. The lowest BCUT2D eigenvalue weighted by Gasteiger charge is -2.03. The van der Waals surface area contributed by atoms with Crippen molar-refractivity contribution >= 4 is 22.7 Å². The van der Waals surface area contributed by atoms with Gasteiger partial charge in [0.25, 0.3) is 0 Å². The molecule has 0 radical (unpaired) electrons. The van der Waals surface area contributed by atoms with Crippen LogP contribution in [0.4, 0.5) is 0 Å². The van der Waals surface area contributed by atoms with Gasteiger partial charge >= 0.3 is 0 Å². The van der Waals surface area contributed by atoms with Crippen molar-refractivity contribution in [2.45, 2.75) is 24.9 Å². The van der Waals surface area contributed by atoms with Gasteiger partial charge in [0.2, 0.25) is 0 Å². The number of thioether (sulfide) groups is 1. The first-order chi connectivity index (χ1) is 7.59. The summed E-state index contributed by atoms with van der Waals surface area (Å²) in [6, 6.07) is 5.72. The smallest absolute Gasteiger partial charge is 0.139 e. The molecule has 0 saturated heterocycles. The Morgan fingerprint density at radius 2 is 2.12 bits per heavy atom. The van der Waals surface area contributed by atoms with E-state index in [1.54, 1.807) is 6.07 Å². The molecule has 0 unspecified atom stereocenters. The summed E-state index contributed by atoms with van der Waals surface area (Å²) in [5.41, 5.74) is 2.23. The second kappa shape index (κ2) is 4.42. The van der Waals surface area contributed by atoms with Crippen LogP contribution >= 0.6 is 11.8 Å². The number of phenols is 1. The Bertz CT molecular complexity index is 502. The van der Waals surface area contributed by atoms with Crippen LogP contribution in [-0.4, -0.2) is 14.9 Å². The van der Waals surface area contributed by atoms with E-state index in [0.717, 1.165) is 16.7 Å². The molecular weight excluding hydrogens is 218 g/mol. The van der Waals surface area contributed by atoms with Crippen LogP contribution in [0.1, 0.15) is 19.4 Å². The largest absolute Gasteiger partial charge is 0.506 e. The number of aromatic nitrogens is 1. The average Bonchev–Trinajstić information content (AvgIpc) is 2.54. The summed E-state index contributed by atoms with van der Waals surface area (Å²) in [4.78, 5) is 0. The maximum absolute atomic E-state index is 9.82. The fourth-order valence-corrected chi connectivity index (χ4v) is 2.64. The number of para-hydroxylation sites is 1. The summed E-state index contributed by atoms with van der Waals surface area (Å²) < 4.78 is 2.00. The van der Waals surface area contributed by atoms with Crippen LogP contribution in [0.5, 0.6) is 5.75 Å². The van der Waals surface area contributed by atoms with Gasteiger partial charge in [-0.25, -0.2) is 0 Å². The van der Waals surface area contributed by atoms with Gasteiger partial charge in [-0.3, -0.25) is 0 Å². The Morgan fingerprint density at radius 3 is 2.81 bits per heavy atom. The van der Waals surface area contributed by atoms with Crippen molar-refractivity contribution < 1.29 is 5.11 Å². The predicted molar refractivity (Wildman–Crippen MR) is 71.0 cm³/mol. The molecule has 86 valence electrons. The molecule has 1 N–H and O–H groups in total. The number of aryl methyl sites for hydroxylation is 1. The maximum Gasteiger partial charge on any atom is 0.139 e. The molecular formula is C13H17NOS. The Hall–Kier alpha value is -1.09. The average molecular weight is 235 g/mol. The van der Waals surface area contributed by atoms with Gasteiger partial charge in [-0.1, -0.05) is 26.0 Å². The zero-order chi connectivity index (χ0) is 11.7. The van der Waals surface area contributed by atoms with Crippen LogP contribution in [0.15, 0.2) is 24.4 Å². The van der Waals surface area contributed by atoms with E-state index in [1.807, 2.05) is 29.4 Å². The Balaban J connectivity index is 2.43. The van der Waals surface area contributed by atoms with Crippen LogP contribution in [-0.2, 0) is 12.8 Å². The standard InChI is InChI=1S/C13H17NOS/c1-9(2)16-8-10-7-14(3)13-11(10)5-4-6-12(13)15/h4-7,9,15H,8H2,1-3H3. The first-order valence-electron chi connectivity index (χ1n) is 5.47. The predicted octanol–water partition coefficient (Wildman–Crippen LogP) is 3.53. The minimum absolute atomic E-state index is 0.362. The summed E-state index contributed by atoms with van der Waals surface area (Å²) >= 11 is 1.92. The van der Waals surface area contributed by atoms with Gasteiger partial charge in [0.1, 0.15) is 5.75 Å². The molecule has 0 fully saturated rings. The van der Waals surface area contributed by atoms with Crippen LogP contribution in [0.2, 0.25) is 0 Å². The van der Waals surface area contributed by atoms with Crippen LogP contribution in [0, 0.1) is 0 Å². The molecule has 16 heavy (non-hydrogen) atoms. The van der Waals surface area contributed by atoms with Gasteiger partial charge in [0.15, 0.2) is 0 Å². The zero-order valence-corrected chi connectivity index (χ0v) is 10.7. The topological polar surface area (TPSA) is 25.2 Å². The van der Waals surface area contributed by atoms with Crippen molar-refractivity contribution in [2.75, 3.05) is 0 Å². The van der Waals surface area contributed by atoms with Gasteiger partial charge in [-0.15, -0.1) is 0 Å². The van der Waals surface area contributed by atoms with E-state index < -0.39 is 0 Å². The van der Waals surface area contributed by atoms with Gasteiger partial charge in [-0.05, 0) is 16.9 Å². The highest BCUT2D eigenvalue weighted by atomic mass is 32.2. The third-order valence-corrected chi connectivity index (χ3v) is 3.78. The van der Waals surface area contributed by atoms with Crippen molar-refractivity contribution in [3.8, 4) is 5.75 Å². The number of fused-ring (bicyclic) bond motifs is 1. The van der Waals surface area contributed by atoms with E-state index in [4.69, 9.17) is 0 Å². The Labute approximate surface area is 100 Å². The number of aromatic hydroxyl groups is 1. The van der Waals surface area contributed by atoms with Crippen molar-refractivity contribution in [3.63, 3.8) is 0 Å².